The molecule has 1 aliphatic heterocycles. The number of piperazine rings is 1. The van der Waals surface area contributed by atoms with E-state index in [2.05, 4.69) is 27.5 Å². The lowest BCUT2D eigenvalue weighted by Crippen LogP contribution is -2.44. The van der Waals surface area contributed by atoms with Crippen molar-refractivity contribution in [1.29, 1.82) is 0 Å². The van der Waals surface area contributed by atoms with E-state index < -0.39 is 0 Å². The molecule has 0 aliphatic carbocycles. The third-order valence-corrected chi connectivity index (χ3v) is 4.60. The highest BCUT2D eigenvalue weighted by molar-refractivity contribution is 5.90. The van der Waals surface area contributed by atoms with Crippen LogP contribution in [0.25, 0.3) is 6.08 Å². The molecule has 0 aromatic heterocycles. The van der Waals surface area contributed by atoms with E-state index in [1.165, 1.54) is 5.69 Å². The molecule has 1 saturated heterocycles. The number of ether oxygens (including phenoxy) is 1. The van der Waals surface area contributed by atoms with Crippen molar-refractivity contribution in [2.75, 3.05) is 50.6 Å². The highest BCUT2D eigenvalue weighted by Gasteiger charge is 2.14. The number of nitrogens with zero attached hydrogens (tertiary/aromatic N) is 2. The van der Waals surface area contributed by atoms with Crippen LogP contribution in [0.4, 0.5) is 16.2 Å². The zero-order valence-electron chi connectivity index (χ0n) is 15.8. The van der Waals surface area contributed by atoms with Crippen LogP contribution in [-0.4, -0.2) is 51.3 Å². The van der Waals surface area contributed by atoms with Crippen molar-refractivity contribution in [2.24, 2.45) is 0 Å². The molecule has 27 heavy (non-hydrogen) atoms. The number of amides is 2. The van der Waals surface area contributed by atoms with Crippen LogP contribution < -0.4 is 20.3 Å². The average molecular weight is 366 g/mol. The number of carbonyl (C=O) groups is 1. The summed E-state index contributed by atoms with van der Waals surface area (Å²) in [6.07, 6.45) is 3.45. The average Bonchev–Trinajstić information content (AvgIpc) is 2.70. The number of anilines is 2. The van der Waals surface area contributed by atoms with Gasteiger partial charge in [0, 0.05) is 43.8 Å². The minimum absolute atomic E-state index is 0.271. The Bertz CT molecular complexity index is 764. The Kier molecular flexibility index (Phi) is 6.33. The third-order valence-electron chi connectivity index (χ3n) is 4.60. The smallest absolute Gasteiger partial charge is 0.323 e. The monoisotopic (exact) mass is 366 g/mol. The van der Waals surface area contributed by atoms with Crippen molar-refractivity contribution in [1.82, 2.24) is 10.2 Å². The molecule has 1 aliphatic rings. The van der Waals surface area contributed by atoms with Gasteiger partial charge in [0.2, 0.25) is 0 Å². The Morgan fingerprint density at radius 3 is 2.30 bits per heavy atom. The SMILES string of the molecule is COc1ccc(/C=C/NC(=O)Nc2ccc(N3CCN(C)CC3)cc2)cc1. The molecule has 2 amide bonds. The molecule has 0 bridgehead atoms. The van der Waals surface area contributed by atoms with Crippen LogP contribution in [0.1, 0.15) is 5.56 Å². The van der Waals surface area contributed by atoms with Gasteiger partial charge in [-0.2, -0.15) is 0 Å². The number of methoxy groups -OCH3 is 1. The predicted molar refractivity (Wildman–Crippen MR) is 110 cm³/mol. The normalized spacial score (nSPS) is 15.0. The van der Waals surface area contributed by atoms with E-state index in [0.29, 0.717) is 0 Å². The van der Waals surface area contributed by atoms with Crippen molar-refractivity contribution in [3.8, 4) is 5.75 Å². The molecule has 1 heterocycles. The first-order valence-electron chi connectivity index (χ1n) is 9.06. The van der Waals surface area contributed by atoms with E-state index in [-0.39, 0.29) is 6.03 Å². The number of nitrogens with one attached hydrogen (secondary N) is 2. The van der Waals surface area contributed by atoms with Gasteiger partial charge in [0.05, 0.1) is 7.11 Å². The lowest BCUT2D eigenvalue weighted by atomic mass is 10.2. The van der Waals surface area contributed by atoms with Gasteiger partial charge < -0.3 is 25.2 Å². The lowest BCUT2D eigenvalue weighted by molar-refractivity contribution is 0.255. The topological polar surface area (TPSA) is 56.8 Å². The molecule has 0 spiro atoms. The highest BCUT2D eigenvalue weighted by Crippen LogP contribution is 2.19. The van der Waals surface area contributed by atoms with Crippen LogP contribution in [0.3, 0.4) is 0 Å². The Hall–Kier alpha value is -2.99. The van der Waals surface area contributed by atoms with Crippen molar-refractivity contribution in [3.05, 3.63) is 60.3 Å². The summed E-state index contributed by atoms with van der Waals surface area (Å²) in [7, 11) is 3.78. The lowest BCUT2D eigenvalue weighted by Gasteiger charge is -2.34. The van der Waals surface area contributed by atoms with Gasteiger partial charge in [0.15, 0.2) is 0 Å². The quantitative estimate of drug-likeness (QED) is 0.853. The van der Waals surface area contributed by atoms with Crippen LogP contribution in [0.5, 0.6) is 5.75 Å². The van der Waals surface area contributed by atoms with Gasteiger partial charge in [-0.3, -0.25) is 0 Å². The van der Waals surface area contributed by atoms with Crippen molar-refractivity contribution < 1.29 is 9.53 Å². The maximum Gasteiger partial charge on any atom is 0.323 e. The molecule has 6 nitrogen and oxygen atoms in total. The number of urea groups is 1. The van der Waals surface area contributed by atoms with Crippen molar-refractivity contribution in [3.63, 3.8) is 0 Å². The first kappa shape index (κ1) is 18.8. The number of carbonyl (C=O) groups excluding carboxylic acids is 1. The molecule has 0 radical (unpaired) electrons. The van der Waals surface area contributed by atoms with Gasteiger partial charge in [0.25, 0.3) is 0 Å². The molecule has 2 aromatic rings. The molecule has 1 fully saturated rings. The Morgan fingerprint density at radius 2 is 1.67 bits per heavy atom. The van der Waals surface area contributed by atoms with Crippen LogP contribution in [0.15, 0.2) is 54.7 Å². The molecular formula is C21H26N4O2. The second-order valence-corrected chi connectivity index (χ2v) is 6.54. The fourth-order valence-corrected chi connectivity index (χ4v) is 2.92. The molecule has 3 rings (SSSR count). The summed E-state index contributed by atoms with van der Waals surface area (Å²) in [6.45, 7) is 4.20. The maximum atomic E-state index is 12.0. The molecule has 2 aromatic carbocycles. The van der Waals surface area contributed by atoms with Crippen molar-refractivity contribution >= 4 is 23.5 Å². The largest absolute Gasteiger partial charge is 0.497 e. The number of likely N-dealkylation sites (N-methyl/N-ethyl adjacent to an activating group) is 1. The van der Waals surface area contributed by atoms with Gasteiger partial charge >= 0.3 is 6.03 Å². The fourth-order valence-electron chi connectivity index (χ4n) is 2.92. The van der Waals surface area contributed by atoms with Gasteiger partial charge in [0.1, 0.15) is 5.75 Å². The van der Waals surface area contributed by atoms with E-state index in [1.54, 1.807) is 13.3 Å². The van der Waals surface area contributed by atoms with Crippen LogP contribution in [0.2, 0.25) is 0 Å². The maximum absolute atomic E-state index is 12.0. The van der Waals surface area contributed by atoms with Gasteiger partial charge in [-0.1, -0.05) is 12.1 Å². The summed E-state index contributed by atoms with van der Waals surface area (Å²) in [6, 6.07) is 15.3. The third kappa shape index (κ3) is 5.49. The van der Waals surface area contributed by atoms with E-state index in [1.807, 2.05) is 54.6 Å². The minimum Gasteiger partial charge on any atom is -0.497 e. The van der Waals surface area contributed by atoms with Gasteiger partial charge in [-0.05, 0) is 55.1 Å². The Labute approximate surface area is 160 Å². The second kappa shape index (κ2) is 9.09. The molecule has 6 heteroatoms. The van der Waals surface area contributed by atoms with Crippen LogP contribution >= 0.6 is 0 Å². The number of rotatable bonds is 5. The van der Waals surface area contributed by atoms with Gasteiger partial charge in [-0.15, -0.1) is 0 Å². The zero-order valence-corrected chi connectivity index (χ0v) is 15.8. The van der Waals surface area contributed by atoms with Crippen LogP contribution in [0, 0.1) is 0 Å². The van der Waals surface area contributed by atoms with Crippen LogP contribution in [-0.2, 0) is 0 Å². The summed E-state index contributed by atoms with van der Waals surface area (Å²) in [5, 5.41) is 5.55. The first-order valence-corrected chi connectivity index (χ1v) is 9.06. The number of benzene rings is 2. The Balaban J connectivity index is 1.48. The van der Waals surface area contributed by atoms with Crippen molar-refractivity contribution in [2.45, 2.75) is 0 Å². The van der Waals surface area contributed by atoms with Gasteiger partial charge in [-0.25, -0.2) is 4.79 Å². The first-order chi connectivity index (χ1) is 13.1. The molecular weight excluding hydrogens is 340 g/mol. The van der Waals surface area contributed by atoms with E-state index in [9.17, 15) is 4.79 Å². The standard InChI is InChI=1S/C21H26N4O2/c1-24-13-15-25(16-14-24)19-7-5-18(6-8-19)23-21(26)22-12-11-17-3-9-20(27-2)10-4-17/h3-12H,13-16H2,1-2H3,(H2,22,23,26)/b12-11+. The minimum atomic E-state index is -0.271. The molecule has 0 unspecified atom stereocenters. The Morgan fingerprint density at radius 1 is 1.00 bits per heavy atom. The summed E-state index contributed by atoms with van der Waals surface area (Å²) in [5.41, 5.74) is 2.93. The summed E-state index contributed by atoms with van der Waals surface area (Å²) in [4.78, 5) is 16.7. The zero-order chi connectivity index (χ0) is 19.1. The van der Waals surface area contributed by atoms with E-state index in [0.717, 1.165) is 43.2 Å². The summed E-state index contributed by atoms with van der Waals surface area (Å²) >= 11 is 0. The predicted octanol–water partition coefficient (Wildman–Crippen LogP) is 3.24. The number of hydrogen-bond acceptors (Lipinski definition) is 4. The highest BCUT2D eigenvalue weighted by atomic mass is 16.5. The summed E-state index contributed by atoms with van der Waals surface area (Å²) in [5.74, 6) is 0.804. The fraction of sp³-hybridized carbons (Fsp3) is 0.286. The molecule has 0 atom stereocenters. The summed E-state index contributed by atoms with van der Waals surface area (Å²) < 4.78 is 5.12. The molecule has 142 valence electrons. The second-order valence-electron chi connectivity index (χ2n) is 6.54. The number of hydrogen-bond donors (Lipinski definition) is 2. The molecule has 0 saturated carbocycles. The molecule has 2 N–H and O–H groups in total. The van der Waals surface area contributed by atoms with E-state index >= 15 is 0 Å². The van der Waals surface area contributed by atoms with E-state index in [4.69, 9.17) is 4.74 Å².